The molecule has 0 aliphatic heterocycles. The van der Waals surface area contributed by atoms with E-state index in [2.05, 4.69) is 46.9 Å². The van der Waals surface area contributed by atoms with Crippen molar-refractivity contribution in [2.75, 3.05) is 13.1 Å². The summed E-state index contributed by atoms with van der Waals surface area (Å²) in [4.78, 5) is 0. The van der Waals surface area contributed by atoms with Crippen molar-refractivity contribution >= 4 is 0 Å². The standard InChI is InChI=1S/C11H25N/c1-7-12-8-10(9(2)3)11(4,5)6/h9-10,12H,7-8H2,1-6H3. The highest BCUT2D eigenvalue weighted by atomic mass is 14.9. The summed E-state index contributed by atoms with van der Waals surface area (Å²) < 4.78 is 0. The molecule has 1 heteroatoms. The van der Waals surface area contributed by atoms with Crippen LogP contribution < -0.4 is 5.32 Å². The third kappa shape index (κ3) is 4.10. The molecule has 1 nitrogen and oxygen atoms in total. The fourth-order valence-corrected chi connectivity index (χ4v) is 1.84. The minimum atomic E-state index is 0.427. The Morgan fingerprint density at radius 1 is 1.17 bits per heavy atom. The van der Waals surface area contributed by atoms with Crippen molar-refractivity contribution in [3.63, 3.8) is 0 Å². The lowest BCUT2D eigenvalue weighted by Gasteiger charge is -2.34. The number of rotatable bonds is 4. The van der Waals surface area contributed by atoms with E-state index in [0.29, 0.717) is 5.41 Å². The summed E-state index contributed by atoms with van der Waals surface area (Å²) in [5.41, 5.74) is 0.427. The predicted molar refractivity (Wildman–Crippen MR) is 56.3 cm³/mol. The maximum atomic E-state index is 3.44. The molecule has 1 unspecified atom stereocenters. The van der Waals surface area contributed by atoms with Gasteiger partial charge in [-0.3, -0.25) is 0 Å². The highest BCUT2D eigenvalue weighted by Crippen LogP contribution is 2.31. The Balaban J connectivity index is 4.05. The maximum absolute atomic E-state index is 3.44. The average molecular weight is 171 g/mol. The molecule has 0 saturated carbocycles. The molecule has 74 valence electrons. The van der Waals surface area contributed by atoms with Crippen LogP contribution in [0.2, 0.25) is 0 Å². The summed E-state index contributed by atoms with van der Waals surface area (Å²) in [5.74, 6) is 1.54. The minimum Gasteiger partial charge on any atom is -0.317 e. The molecule has 0 bridgehead atoms. The molecule has 1 N–H and O–H groups in total. The first-order valence-corrected chi connectivity index (χ1v) is 5.10. The molecule has 0 spiro atoms. The van der Waals surface area contributed by atoms with Gasteiger partial charge in [0.2, 0.25) is 0 Å². The van der Waals surface area contributed by atoms with Gasteiger partial charge >= 0.3 is 0 Å². The lowest BCUT2D eigenvalue weighted by molar-refractivity contribution is 0.174. The normalized spacial score (nSPS) is 15.2. The fraction of sp³-hybridized carbons (Fsp3) is 1.00. The van der Waals surface area contributed by atoms with Crippen molar-refractivity contribution in [1.82, 2.24) is 5.32 Å². The van der Waals surface area contributed by atoms with Gasteiger partial charge in [-0.1, -0.05) is 41.5 Å². The van der Waals surface area contributed by atoms with Crippen LogP contribution in [0, 0.1) is 17.3 Å². The van der Waals surface area contributed by atoms with Crippen LogP contribution in [-0.4, -0.2) is 13.1 Å². The molecule has 1 atom stereocenters. The van der Waals surface area contributed by atoms with E-state index in [9.17, 15) is 0 Å². The van der Waals surface area contributed by atoms with Crippen molar-refractivity contribution in [3.05, 3.63) is 0 Å². The van der Waals surface area contributed by atoms with Gasteiger partial charge in [-0.05, 0) is 30.3 Å². The van der Waals surface area contributed by atoms with Crippen LogP contribution in [0.25, 0.3) is 0 Å². The monoisotopic (exact) mass is 171 g/mol. The van der Waals surface area contributed by atoms with E-state index in [4.69, 9.17) is 0 Å². The molecule has 0 aromatic heterocycles. The van der Waals surface area contributed by atoms with Gasteiger partial charge in [0.05, 0.1) is 0 Å². The first-order valence-electron chi connectivity index (χ1n) is 5.10. The van der Waals surface area contributed by atoms with E-state index < -0.39 is 0 Å². The molecule has 0 heterocycles. The van der Waals surface area contributed by atoms with Gasteiger partial charge in [-0.2, -0.15) is 0 Å². The third-order valence-corrected chi connectivity index (χ3v) is 2.53. The summed E-state index contributed by atoms with van der Waals surface area (Å²) in [7, 11) is 0. The first-order chi connectivity index (χ1) is 5.39. The van der Waals surface area contributed by atoms with Gasteiger partial charge in [0.1, 0.15) is 0 Å². The topological polar surface area (TPSA) is 12.0 Å². The fourth-order valence-electron chi connectivity index (χ4n) is 1.84. The van der Waals surface area contributed by atoms with E-state index >= 15 is 0 Å². The van der Waals surface area contributed by atoms with Crippen molar-refractivity contribution in [2.24, 2.45) is 17.3 Å². The average Bonchev–Trinajstić information content (AvgIpc) is 1.84. The van der Waals surface area contributed by atoms with Gasteiger partial charge in [-0.25, -0.2) is 0 Å². The largest absolute Gasteiger partial charge is 0.317 e. The summed E-state index contributed by atoms with van der Waals surface area (Å²) in [6.07, 6.45) is 0. The SMILES string of the molecule is CCNCC(C(C)C)C(C)(C)C. The summed E-state index contributed by atoms with van der Waals surface area (Å²) in [6, 6.07) is 0. The number of hydrogen-bond donors (Lipinski definition) is 1. The Morgan fingerprint density at radius 3 is 1.92 bits per heavy atom. The zero-order valence-electron chi connectivity index (χ0n) is 9.57. The van der Waals surface area contributed by atoms with Gasteiger partial charge in [0, 0.05) is 0 Å². The summed E-state index contributed by atoms with van der Waals surface area (Å²) in [5, 5.41) is 3.44. The van der Waals surface area contributed by atoms with Crippen LogP contribution in [0.1, 0.15) is 41.5 Å². The Hall–Kier alpha value is -0.0400. The molecule has 12 heavy (non-hydrogen) atoms. The van der Waals surface area contributed by atoms with Gasteiger partial charge < -0.3 is 5.32 Å². The van der Waals surface area contributed by atoms with Crippen molar-refractivity contribution in [1.29, 1.82) is 0 Å². The van der Waals surface area contributed by atoms with Crippen molar-refractivity contribution in [2.45, 2.75) is 41.5 Å². The van der Waals surface area contributed by atoms with E-state index in [-0.39, 0.29) is 0 Å². The summed E-state index contributed by atoms with van der Waals surface area (Å²) in [6.45, 7) is 16.0. The minimum absolute atomic E-state index is 0.427. The lowest BCUT2D eigenvalue weighted by atomic mass is 9.74. The second-order valence-corrected chi connectivity index (χ2v) is 5.02. The van der Waals surface area contributed by atoms with E-state index in [1.165, 1.54) is 0 Å². The lowest BCUT2D eigenvalue weighted by Crippen LogP contribution is -2.35. The van der Waals surface area contributed by atoms with E-state index in [1.54, 1.807) is 0 Å². The second kappa shape index (κ2) is 4.86. The van der Waals surface area contributed by atoms with Crippen LogP contribution in [-0.2, 0) is 0 Å². The Kier molecular flexibility index (Phi) is 4.84. The second-order valence-electron chi connectivity index (χ2n) is 5.02. The zero-order chi connectivity index (χ0) is 9.78. The van der Waals surface area contributed by atoms with Gasteiger partial charge in [-0.15, -0.1) is 0 Å². The van der Waals surface area contributed by atoms with Gasteiger partial charge in [0.25, 0.3) is 0 Å². The Bertz CT molecular complexity index is 111. The molecular weight excluding hydrogens is 146 g/mol. The maximum Gasteiger partial charge on any atom is -0.00132 e. The molecule has 0 aliphatic rings. The van der Waals surface area contributed by atoms with Crippen LogP contribution in [0.5, 0.6) is 0 Å². The molecule has 0 aromatic carbocycles. The highest BCUT2D eigenvalue weighted by molar-refractivity contribution is 4.78. The molecule has 0 radical (unpaired) electrons. The predicted octanol–water partition coefficient (Wildman–Crippen LogP) is 2.91. The molecule has 0 fully saturated rings. The van der Waals surface area contributed by atoms with Crippen molar-refractivity contribution in [3.8, 4) is 0 Å². The molecular formula is C11H25N. The number of nitrogens with one attached hydrogen (secondary N) is 1. The summed E-state index contributed by atoms with van der Waals surface area (Å²) >= 11 is 0. The van der Waals surface area contributed by atoms with E-state index in [0.717, 1.165) is 24.9 Å². The van der Waals surface area contributed by atoms with Crippen LogP contribution in [0.15, 0.2) is 0 Å². The molecule has 0 saturated heterocycles. The highest BCUT2D eigenvalue weighted by Gasteiger charge is 2.26. The van der Waals surface area contributed by atoms with Crippen LogP contribution in [0.4, 0.5) is 0 Å². The smallest absolute Gasteiger partial charge is 0.00132 e. The van der Waals surface area contributed by atoms with Crippen molar-refractivity contribution < 1.29 is 0 Å². The van der Waals surface area contributed by atoms with Crippen LogP contribution >= 0.6 is 0 Å². The van der Waals surface area contributed by atoms with Gasteiger partial charge in [0.15, 0.2) is 0 Å². The molecule has 0 rings (SSSR count). The zero-order valence-corrected chi connectivity index (χ0v) is 9.57. The first kappa shape index (κ1) is 12.0. The van der Waals surface area contributed by atoms with Crippen LogP contribution in [0.3, 0.4) is 0 Å². The quantitative estimate of drug-likeness (QED) is 0.686. The molecule has 0 amide bonds. The number of hydrogen-bond acceptors (Lipinski definition) is 1. The Labute approximate surface area is 77.9 Å². The third-order valence-electron chi connectivity index (χ3n) is 2.53. The molecule has 0 aromatic rings. The van der Waals surface area contributed by atoms with E-state index in [1.807, 2.05) is 0 Å². The Morgan fingerprint density at radius 2 is 1.67 bits per heavy atom. The molecule has 0 aliphatic carbocycles.